The van der Waals surface area contributed by atoms with Crippen molar-refractivity contribution in [2.24, 2.45) is 23.7 Å². The molecule has 0 N–H and O–H groups in total. The summed E-state index contributed by atoms with van der Waals surface area (Å²) in [7, 11) is 10.2. The summed E-state index contributed by atoms with van der Waals surface area (Å²) in [5, 5.41) is 0. The van der Waals surface area contributed by atoms with Crippen LogP contribution >= 0.6 is 0 Å². The summed E-state index contributed by atoms with van der Waals surface area (Å²) >= 11 is 0. The largest absolute Gasteiger partial charge is 0.497 e. The molecule has 6 nitrogen and oxygen atoms in total. The summed E-state index contributed by atoms with van der Waals surface area (Å²) in [5.74, 6) is 6.69. The Morgan fingerprint density at radius 3 is 0.340 bits per heavy atom. The molecule has 0 saturated carbocycles. The van der Waals surface area contributed by atoms with Crippen molar-refractivity contribution in [3.63, 3.8) is 0 Å². The van der Waals surface area contributed by atoms with Gasteiger partial charge in [-0.2, -0.15) is 0 Å². The monoisotopic (exact) mass is 1320 g/mol. The van der Waals surface area contributed by atoms with Crippen molar-refractivity contribution in [3.8, 4) is 34.5 Å². The molecule has 0 fully saturated rings. The molecule has 12 aromatic carbocycles. The van der Waals surface area contributed by atoms with E-state index < -0.39 is 0 Å². The first-order valence-electron chi connectivity index (χ1n) is 34.8. The van der Waals surface area contributed by atoms with Gasteiger partial charge in [0.05, 0.1) is 42.7 Å². The Morgan fingerprint density at radius 2 is 0.250 bits per heavy atom. The smallest absolute Gasteiger partial charge is 0.118 e. The first-order chi connectivity index (χ1) is 48.6. The van der Waals surface area contributed by atoms with Crippen molar-refractivity contribution in [3.05, 3.63) is 394 Å². The third-order valence-corrected chi connectivity index (χ3v) is 20.1. The summed E-state index contributed by atoms with van der Waals surface area (Å²) in [6.07, 6.45) is 0. The molecule has 512 valence electrons. The van der Waals surface area contributed by atoms with Gasteiger partial charge in [0.1, 0.15) is 34.5 Å². The fourth-order valence-corrected chi connectivity index (χ4v) is 15.3. The third-order valence-electron chi connectivity index (χ3n) is 20.1. The van der Waals surface area contributed by atoms with E-state index in [-0.39, 0.29) is 21.7 Å². The zero-order valence-electron chi connectivity index (χ0n) is 60.9. The van der Waals surface area contributed by atoms with Gasteiger partial charge in [-0.25, -0.2) is 0 Å². The lowest BCUT2D eigenvalue weighted by atomic mass is 9.63. The lowest BCUT2D eigenvalue weighted by Gasteiger charge is -2.40. The van der Waals surface area contributed by atoms with Gasteiger partial charge in [0.15, 0.2) is 0 Å². The van der Waals surface area contributed by atoms with Crippen LogP contribution in [0.4, 0.5) is 0 Å². The molecule has 0 unspecified atom stereocenters. The van der Waals surface area contributed by atoms with Crippen LogP contribution in [0.5, 0.6) is 34.5 Å². The Balaban J connectivity index is 0.000000156. The van der Waals surface area contributed by atoms with Gasteiger partial charge in [-0.3, -0.25) is 0 Å². The van der Waals surface area contributed by atoms with Gasteiger partial charge in [0.25, 0.3) is 0 Å². The minimum absolute atomic E-state index is 0.121. The molecule has 0 radical (unpaired) electrons. The van der Waals surface area contributed by atoms with E-state index >= 15 is 0 Å². The molecule has 0 aliphatic heterocycles. The number of ether oxygens (including phenoxy) is 6. The number of benzene rings is 12. The van der Waals surface area contributed by atoms with Crippen LogP contribution in [-0.4, -0.2) is 42.7 Å². The van der Waals surface area contributed by atoms with Crippen LogP contribution in [0.3, 0.4) is 0 Å². The second-order valence-corrected chi connectivity index (χ2v) is 26.4. The number of hydrogen-bond donors (Lipinski definition) is 0. The Labute approximate surface area is 597 Å². The van der Waals surface area contributed by atoms with Crippen LogP contribution in [0, 0.1) is 23.7 Å². The lowest BCUT2D eigenvalue weighted by Crippen LogP contribution is -2.35. The van der Waals surface area contributed by atoms with Crippen molar-refractivity contribution in [1.29, 1.82) is 0 Å². The quantitative estimate of drug-likeness (QED) is 0.0630. The van der Waals surface area contributed by atoms with E-state index in [0.717, 1.165) is 34.5 Å². The van der Waals surface area contributed by atoms with Crippen LogP contribution < -0.4 is 28.4 Å². The molecule has 0 aliphatic carbocycles. The average molecular weight is 1330 g/mol. The standard InChI is InChI=1S/C25H28O3.C24H26O2.C23H24O.C22H22/c1-18(2)25(19-6-12-22(26-3)13-7-19,20-8-14-23(27-4)15-9-20)21-10-16-24(28-5)17-11-21;1-18(2)24(19-8-6-5-7-9-19,20-10-14-22(25-3)15-11-20)21-12-16-23(26-4)17-13-21;1-18(2)23(19-10-6-4-7-11-19,20-12-8-5-9-13-20)21-14-16-22(24-3)17-15-21;1-18(2)22(19-12-6-3-7-13-19,20-14-8-4-9-15-20)21-16-10-5-11-17-21/h6-18H,1-5H3;5-18H,1-4H3;4-18H,1-3H3;3-18H,1-2H3. The van der Waals surface area contributed by atoms with Gasteiger partial charge in [0, 0.05) is 21.7 Å². The number of rotatable bonds is 22. The van der Waals surface area contributed by atoms with Gasteiger partial charge in [-0.1, -0.05) is 310 Å². The molecule has 0 bridgehead atoms. The van der Waals surface area contributed by atoms with Gasteiger partial charge in [0.2, 0.25) is 0 Å². The summed E-state index contributed by atoms with van der Waals surface area (Å²) in [6, 6.07) is 115. The van der Waals surface area contributed by atoms with Crippen molar-refractivity contribution in [2.45, 2.75) is 77.0 Å². The van der Waals surface area contributed by atoms with Crippen LogP contribution in [0.15, 0.2) is 328 Å². The van der Waals surface area contributed by atoms with Crippen LogP contribution in [0.1, 0.15) is 122 Å². The molecular formula is C94H100O6. The number of hydrogen-bond acceptors (Lipinski definition) is 6. The van der Waals surface area contributed by atoms with E-state index in [2.05, 4.69) is 322 Å². The SMILES string of the molecule is CC(C)C(c1ccccc1)(c1ccccc1)c1ccccc1.COc1ccc(C(c2ccc(OC)cc2)(c2ccc(OC)cc2)C(C)C)cc1.COc1ccc(C(c2ccccc2)(c2ccc(OC)cc2)C(C)C)cc1.COc1ccc(C(c2ccccc2)(c2ccccc2)C(C)C)cc1. The predicted molar refractivity (Wildman–Crippen MR) is 415 cm³/mol. The van der Waals surface area contributed by atoms with Crippen molar-refractivity contribution >= 4 is 0 Å². The molecule has 12 aromatic rings. The Hall–Kier alpha value is -10.6. The average Bonchev–Trinajstić information content (AvgIpc) is 0.770. The molecule has 0 amide bonds. The second kappa shape index (κ2) is 34.8. The highest BCUT2D eigenvalue weighted by atomic mass is 16.5. The molecule has 0 saturated heterocycles. The zero-order valence-corrected chi connectivity index (χ0v) is 60.9. The zero-order chi connectivity index (χ0) is 71.1. The second-order valence-electron chi connectivity index (χ2n) is 26.4. The molecule has 0 spiro atoms. The highest BCUT2D eigenvalue weighted by Crippen LogP contribution is 2.50. The van der Waals surface area contributed by atoms with Gasteiger partial charge >= 0.3 is 0 Å². The molecular weight excluding hydrogens is 1230 g/mol. The first kappa shape index (κ1) is 73.7. The Kier molecular flexibility index (Phi) is 25.6. The van der Waals surface area contributed by atoms with E-state index in [4.69, 9.17) is 28.4 Å². The van der Waals surface area contributed by atoms with Crippen molar-refractivity contribution < 1.29 is 28.4 Å². The molecule has 6 heteroatoms. The van der Waals surface area contributed by atoms with Crippen molar-refractivity contribution in [2.75, 3.05) is 42.7 Å². The fourth-order valence-electron chi connectivity index (χ4n) is 15.3. The summed E-state index contributed by atoms with van der Waals surface area (Å²) in [6.45, 7) is 18.3. The normalized spacial score (nSPS) is 11.5. The molecule has 0 heterocycles. The highest BCUT2D eigenvalue weighted by molar-refractivity contribution is 5.57. The predicted octanol–water partition coefficient (Wildman–Crippen LogP) is 22.8. The maximum atomic E-state index is 5.38. The van der Waals surface area contributed by atoms with Gasteiger partial charge in [-0.05, 0) is 163 Å². The minimum atomic E-state index is -0.315. The maximum Gasteiger partial charge on any atom is 0.118 e. The minimum Gasteiger partial charge on any atom is -0.497 e. The summed E-state index contributed by atoms with van der Waals surface area (Å²) < 4.78 is 32.2. The summed E-state index contributed by atoms with van der Waals surface area (Å²) in [4.78, 5) is 0. The van der Waals surface area contributed by atoms with Crippen LogP contribution in [0.2, 0.25) is 0 Å². The first-order valence-corrected chi connectivity index (χ1v) is 34.8. The van der Waals surface area contributed by atoms with Crippen molar-refractivity contribution in [1.82, 2.24) is 0 Å². The van der Waals surface area contributed by atoms with E-state index in [0.29, 0.717) is 23.7 Å². The van der Waals surface area contributed by atoms with Gasteiger partial charge < -0.3 is 28.4 Å². The molecule has 12 rings (SSSR count). The van der Waals surface area contributed by atoms with E-state index in [1.54, 1.807) is 42.7 Å². The maximum absolute atomic E-state index is 5.38. The van der Waals surface area contributed by atoms with E-state index in [9.17, 15) is 0 Å². The molecule has 0 atom stereocenters. The Morgan fingerprint density at radius 1 is 0.150 bits per heavy atom. The number of methoxy groups -OCH3 is 6. The topological polar surface area (TPSA) is 55.4 Å². The third kappa shape index (κ3) is 15.5. The molecule has 0 aliphatic rings. The Bertz CT molecular complexity index is 3990. The molecule has 0 aromatic heterocycles. The van der Waals surface area contributed by atoms with Crippen LogP contribution in [0.25, 0.3) is 0 Å². The van der Waals surface area contributed by atoms with Crippen LogP contribution in [-0.2, 0) is 21.7 Å². The highest BCUT2D eigenvalue weighted by Gasteiger charge is 2.43. The molecule has 100 heavy (non-hydrogen) atoms. The lowest BCUT2D eigenvalue weighted by molar-refractivity contribution is 0.407. The fraction of sp³-hybridized carbons (Fsp3) is 0.234. The van der Waals surface area contributed by atoms with E-state index in [1.807, 2.05) is 60.7 Å². The summed E-state index contributed by atoms with van der Waals surface area (Å²) in [5.41, 5.74) is 14.6. The van der Waals surface area contributed by atoms with E-state index in [1.165, 1.54) is 66.8 Å². The van der Waals surface area contributed by atoms with Gasteiger partial charge in [-0.15, -0.1) is 0 Å².